The predicted molar refractivity (Wildman–Crippen MR) is 233 cm³/mol. The number of imidazole rings is 1. The highest BCUT2D eigenvalue weighted by molar-refractivity contribution is 6.36. The number of hydrogen-bond acceptors (Lipinski definition) is 5. The largest absolute Gasteiger partial charge is 0.439 e. The first kappa shape index (κ1) is 35.5. The van der Waals surface area contributed by atoms with Gasteiger partial charge < -0.3 is 14.5 Å². The van der Waals surface area contributed by atoms with Gasteiger partial charge in [0.2, 0.25) is 5.88 Å². The van der Waals surface area contributed by atoms with E-state index >= 15 is 0 Å². The van der Waals surface area contributed by atoms with Gasteiger partial charge in [-0.25, -0.2) is 9.97 Å². The summed E-state index contributed by atoms with van der Waals surface area (Å²) in [5.41, 5.74) is 10.2. The van der Waals surface area contributed by atoms with Crippen molar-refractivity contribution in [3.05, 3.63) is 223 Å². The second-order valence-corrected chi connectivity index (χ2v) is 14.0. The van der Waals surface area contributed by atoms with Gasteiger partial charge >= 0.3 is 0 Å². The van der Waals surface area contributed by atoms with Crippen molar-refractivity contribution in [2.45, 2.75) is 13.1 Å². The number of halogens is 1. The highest BCUT2D eigenvalue weighted by atomic mass is 35.5. The molecule has 6 nitrogen and oxygen atoms in total. The second kappa shape index (κ2) is 16.3. The minimum Gasteiger partial charge on any atom is -0.439 e. The molecule has 57 heavy (non-hydrogen) atoms. The molecular formula is C50H38ClN5O. The standard InChI is InChI=1S/C50H38ClN5O/c51-49-46(23-14-24-47(49)55(36-38-17-6-2-7-18-38)41-30-32-43(33-31-41)57-48-25-12-13-34-52-48)54(35-37-15-4-1-5-16-37)40-28-26-39(27-29-40)50-53-44-21-10-11-22-45(44)56(50)42-19-8-3-9-20-42/h1-34H,35-36H2. The zero-order chi connectivity index (χ0) is 38.4. The van der Waals surface area contributed by atoms with E-state index in [0.29, 0.717) is 29.7 Å². The van der Waals surface area contributed by atoms with Gasteiger partial charge in [-0.05, 0) is 102 Å². The fourth-order valence-electron chi connectivity index (χ4n) is 7.16. The van der Waals surface area contributed by atoms with E-state index in [1.54, 1.807) is 6.20 Å². The molecule has 7 aromatic carbocycles. The average molecular weight is 760 g/mol. The Labute approximate surface area is 337 Å². The Bertz CT molecular complexity index is 2710. The number of anilines is 4. The molecule has 9 rings (SSSR count). The van der Waals surface area contributed by atoms with Crippen molar-refractivity contribution < 1.29 is 4.74 Å². The van der Waals surface area contributed by atoms with Crippen LogP contribution in [-0.4, -0.2) is 14.5 Å². The van der Waals surface area contributed by atoms with Crippen LogP contribution in [0.25, 0.3) is 28.1 Å². The van der Waals surface area contributed by atoms with Crippen LogP contribution in [-0.2, 0) is 13.1 Å². The van der Waals surface area contributed by atoms with Crippen molar-refractivity contribution in [1.29, 1.82) is 0 Å². The van der Waals surface area contributed by atoms with Gasteiger partial charge in [0.1, 0.15) is 11.6 Å². The maximum absolute atomic E-state index is 7.60. The molecule has 0 fully saturated rings. The molecule has 0 radical (unpaired) electrons. The molecule has 9 aromatic rings. The molecule has 0 N–H and O–H groups in total. The Kier molecular flexibility index (Phi) is 10.2. The summed E-state index contributed by atoms with van der Waals surface area (Å²) >= 11 is 7.60. The first-order chi connectivity index (χ1) is 28.2. The average Bonchev–Trinajstić information content (AvgIpc) is 3.67. The lowest BCUT2D eigenvalue weighted by molar-refractivity contribution is 0.463. The first-order valence-electron chi connectivity index (χ1n) is 18.9. The van der Waals surface area contributed by atoms with Gasteiger partial charge in [-0.15, -0.1) is 0 Å². The molecule has 0 atom stereocenters. The number of nitrogens with zero attached hydrogens (tertiary/aromatic N) is 5. The fourth-order valence-corrected chi connectivity index (χ4v) is 7.49. The molecule has 0 unspecified atom stereocenters. The number of para-hydroxylation sites is 3. The van der Waals surface area contributed by atoms with Crippen LogP contribution in [0, 0.1) is 0 Å². The third-order valence-corrected chi connectivity index (χ3v) is 10.3. The molecule has 0 aliphatic heterocycles. The number of benzene rings is 7. The maximum Gasteiger partial charge on any atom is 0.219 e. The molecule has 2 aromatic heterocycles. The summed E-state index contributed by atoms with van der Waals surface area (Å²) in [7, 11) is 0. The molecule has 0 saturated heterocycles. The Balaban J connectivity index is 1.11. The van der Waals surface area contributed by atoms with Gasteiger partial charge in [-0.1, -0.05) is 115 Å². The summed E-state index contributed by atoms with van der Waals surface area (Å²) in [6.07, 6.45) is 1.72. The van der Waals surface area contributed by atoms with Crippen LogP contribution < -0.4 is 14.5 Å². The normalized spacial score (nSPS) is 11.0. The van der Waals surface area contributed by atoms with E-state index in [4.69, 9.17) is 21.3 Å². The smallest absolute Gasteiger partial charge is 0.219 e. The van der Waals surface area contributed by atoms with Gasteiger partial charge in [-0.2, -0.15) is 0 Å². The van der Waals surface area contributed by atoms with E-state index in [1.807, 2.05) is 54.6 Å². The van der Waals surface area contributed by atoms with Crippen molar-refractivity contribution in [3.63, 3.8) is 0 Å². The zero-order valence-electron chi connectivity index (χ0n) is 31.1. The molecule has 0 spiro atoms. The number of pyridine rings is 1. The van der Waals surface area contributed by atoms with Gasteiger partial charge in [0, 0.05) is 48.0 Å². The van der Waals surface area contributed by atoms with Crippen LogP contribution in [0.5, 0.6) is 11.6 Å². The summed E-state index contributed by atoms with van der Waals surface area (Å²) in [5.74, 6) is 2.13. The van der Waals surface area contributed by atoms with Gasteiger partial charge in [0.25, 0.3) is 0 Å². The lowest BCUT2D eigenvalue weighted by Gasteiger charge is -2.31. The Morgan fingerprint density at radius 2 is 1.05 bits per heavy atom. The number of rotatable bonds is 12. The second-order valence-electron chi connectivity index (χ2n) is 13.7. The first-order valence-corrected chi connectivity index (χ1v) is 19.3. The van der Waals surface area contributed by atoms with Crippen molar-refractivity contribution in [1.82, 2.24) is 14.5 Å². The van der Waals surface area contributed by atoms with E-state index in [2.05, 4.69) is 165 Å². The molecule has 0 aliphatic rings. The summed E-state index contributed by atoms with van der Waals surface area (Å²) < 4.78 is 8.26. The SMILES string of the molecule is Clc1c(N(Cc2ccccc2)c2ccc(Oc3ccccn3)cc2)cccc1N(Cc1ccccc1)c1ccc(-c2nc3ccccc3n2-c2ccccc2)cc1. The van der Waals surface area contributed by atoms with Crippen LogP contribution in [0.4, 0.5) is 22.7 Å². The number of hydrogen-bond donors (Lipinski definition) is 0. The monoisotopic (exact) mass is 759 g/mol. The minimum atomic E-state index is 0.545. The lowest BCUT2D eigenvalue weighted by Crippen LogP contribution is -2.20. The molecule has 7 heteroatoms. The molecule has 2 heterocycles. The third kappa shape index (κ3) is 7.72. The summed E-state index contributed by atoms with van der Waals surface area (Å²) in [4.78, 5) is 14.0. The van der Waals surface area contributed by atoms with Gasteiger partial charge in [0.15, 0.2) is 0 Å². The Morgan fingerprint density at radius 1 is 0.509 bits per heavy atom. The number of aromatic nitrogens is 3. The zero-order valence-corrected chi connectivity index (χ0v) is 31.8. The van der Waals surface area contributed by atoms with Crippen LogP contribution >= 0.6 is 11.6 Å². The van der Waals surface area contributed by atoms with Gasteiger partial charge in [-0.3, -0.25) is 4.57 Å². The van der Waals surface area contributed by atoms with E-state index in [9.17, 15) is 0 Å². The van der Waals surface area contributed by atoms with E-state index in [0.717, 1.165) is 56.4 Å². The van der Waals surface area contributed by atoms with Crippen molar-refractivity contribution in [2.24, 2.45) is 0 Å². The quantitative estimate of drug-likeness (QED) is 0.124. The van der Waals surface area contributed by atoms with Crippen molar-refractivity contribution in [3.8, 4) is 28.7 Å². The summed E-state index contributed by atoms with van der Waals surface area (Å²) in [5, 5.41) is 0.646. The third-order valence-electron chi connectivity index (χ3n) is 9.93. The van der Waals surface area contributed by atoms with Crippen LogP contribution in [0.3, 0.4) is 0 Å². The highest BCUT2D eigenvalue weighted by Crippen LogP contribution is 2.43. The molecule has 0 aliphatic carbocycles. The van der Waals surface area contributed by atoms with E-state index < -0.39 is 0 Å². The van der Waals surface area contributed by atoms with Crippen molar-refractivity contribution >= 4 is 45.4 Å². The summed E-state index contributed by atoms with van der Waals surface area (Å²) in [6.45, 7) is 1.23. The van der Waals surface area contributed by atoms with Crippen molar-refractivity contribution in [2.75, 3.05) is 9.80 Å². The number of fused-ring (bicyclic) bond motifs is 1. The Morgan fingerprint density at radius 3 is 1.65 bits per heavy atom. The minimum absolute atomic E-state index is 0.545. The molecule has 0 bridgehead atoms. The molecule has 0 amide bonds. The van der Waals surface area contributed by atoms with E-state index in [1.165, 1.54) is 5.56 Å². The molecular weight excluding hydrogens is 722 g/mol. The Hall–Kier alpha value is -7.15. The van der Waals surface area contributed by atoms with Crippen LogP contribution in [0.1, 0.15) is 11.1 Å². The van der Waals surface area contributed by atoms with Gasteiger partial charge in [0.05, 0.1) is 27.4 Å². The molecule has 276 valence electrons. The predicted octanol–water partition coefficient (Wildman–Crippen LogP) is 13.2. The van der Waals surface area contributed by atoms with Crippen LogP contribution in [0.15, 0.2) is 206 Å². The topological polar surface area (TPSA) is 46.4 Å². The molecule has 0 saturated carbocycles. The van der Waals surface area contributed by atoms with Crippen LogP contribution in [0.2, 0.25) is 5.02 Å². The highest BCUT2D eigenvalue weighted by Gasteiger charge is 2.22. The maximum atomic E-state index is 7.60. The summed E-state index contributed by atoms with van der Waals surface area (Å²) in [6, 6.07) is 68.2. The lowest BCUT2D eigenvalue weighted by atomic mass is 10.1. The number of ether oxygens (including phenoxy) is 1. The fraction of sp³-hybridized carbons (Fsp3) is 0.0400. The van der Waals surface area contributed by atoms with E-state index in [-0.39, 0.29) is 0 Å².